The van der Waals surface area contributed by atoms with Crippen molar-refractivity contribution < 1.29 is 0 Å². The van der Waals surface area contributed by atoms with Crippen molar-refractivity contribution in [1.29, 1.82) is 0 Å². The van der Waals surface area contributed by atoms with Gasteiger partial charge < -0.3 is 5.32 Å². The zero-order chi connectivity index (χ0) is 12.4. The number of nitrogens with one attached hydrogen (secondary N) is 1. The molecule has 0 spiro atoms. The van der Waals surface area contributed by atoms with Crippen LogP contribution in [0.25, 0.3) is 0 Å². The lowest BCUT2D eigenvalue weighted by Crippen LogP contribution is -2.55. The first kappa shape index (κ1) is 12.6. The van der Waals surface area contributed by atoms with Crippen molar-refractivity contribution in [3.8, 4) is 0 Å². The van der Waals surface area contributed by atoms with Crippen LogP contribution in [-0.2, 0) is 6.54 Å². The number of hydrogen-bond acceptors (Lipinski definition) is 3. The molecule has 2 fully saturated rings. The highest BCUT2D eigenvalue weighted by Gasteiger charge is 2.37. The second kappa shape index (κ2) is 5.72. The third kappa shape index (κ3) is 2.63. The molecule has 0 saturated carbocycles. The second-order valence-corrected chi connectivity index (χ2v) is 6.55. The van der Waals surface area contributed by atoms with Gasteiger partial charge >= 0.3 is 0 Å². The molecule has 2 unspecified atom stereocenters. The van der Waals surface area contributed by atoms with Crippen LogP contribution in [0.3, 0.4) is 0 Å². The van der Waals surface area contributed by atoms with Gasteiger partial charge in [0.25, 0.3) is 0 Å². The zero-order valence-electron chi connectivity index (χ0n) is 11.3. The molecule has 3 rings (SSSR count). The monoisotopic (exact) mass is 264 g/mol. The number of thiophene rings is 1. The van der Waals surface area contributed by atoms with Gasteiger partial charge in [-0.15, -0.1) is 0 Å². The molecule has 2 saturated heterocycles. The normalized spacial score (nSPS) is 32.6. The summed E-state index contributed by atoms with van der Waals surface area (Å²) in [5, 5.41) is 8.18. The lowest BCUT2D eigenvalue weighted by molar-refractivity contribution is 0.0181. The third-order valence-corrected chi connectivity index (χ3v) is 5.30. The third-order valence-electron chi connectivity index (χ3n) is 4.56. The van der Waals surface area contributed by atoms with E-state index in [1.165, 1.54) is 44.2 Å². The van der Waals surface area contributed by atoms with Crippen molar-refractivity contribution in [1.82, 2.24) is 10.2 Å². The van der Waals surface area contributed by atoms with Crippen molar-refractivity contribution in [2.75, 3.05) is 6.54 Å². The molecule has 2 bridgehead atoms. The van der Waals surface area contributed by atoms with Crippen LogP contribution in [0.2, 0.25) is 0 Å². The van der Waals surface area contributed by atoms with E-state index in [2.05, 4.69) is 34.0 Å². The maximum absolute atomic E-state index is 3.67. The van der Waals surface area contributed by atoms with E-state index in [0.29, 0.717) is 0 Å². The highest BCUT2D eigenvalue weighted by atomic mass is 32.1. The number of nitrogens with zero attached hydrogens (tertiary/aromatic N) is 1. The van der Waals surface area contributed by atoms with Crippen molar-refractivity contribution in [2.45, 2.75) is 63.7 Å². The van der Waals surface area contributed by atoms with Crippen LogP contribution >= 0.6 is 11.3 Å². The summed E-state index contributed by atoms with van der Waals surface area (Å²) in [5.41, 5.74) is 1.51. The van der Waals surface area contributed by atoms with Crippen LogP contribution in [0.4, 0.5) is 0 Å². The highest BCUT2D eigenvalue weighted by Crippen LogP contribution is 2.35. The standard InChI is InChI=1S/C15H24N2S/c1-2-16-13-8-14-4-3-5-15(9-13)17(14)10-12-6-7-18-11-12/h6-7,11,13-16H,2-5,8-10H2,1H3. The average Bonchev–Trinajstić information content (AvgIpc) is 2.83. The van der Waals surface area contributed by atoms with Gasteiger partial charge in [-0.25, -0.2) is 0 Å². The molecule has 100 valence electrons. The van der Waals surface area contributed by atoms with Crippen LogP contribution in [0.1, 0.15) is 44.6 Å². The predicted octanol–water partition coefficient (Wildman–Crippen LogP) is 3.24. The Morgan fingerprint density at radius 1 is 1.33 bits per heavy atom. The molecule has 0 amide bonds. The maximum Gasteiger partial charge on any atom is 0.0247 e. The summed E-state index contributed by atoms with van der Waals surface area (Å²) in [7, 11) is 0. The molecule has 1 N–H and O–H groups in total. The molecular formula is C15H24N2S. The van der Waals surface area contributed by atoms with E-state index >= 15 is 0 Å². The van der Waals surface area contributed by atoms with E-state index in [1.54, 1.807) is 0 Å². The Morgan fingerprint density at radius 2 is 2.11 bits per heavy atom. The molecule has 0 radical (unpaired) electrons. The van der Waals surface area contributed by atoms with Crippen molar-refractivity contribution in [2.24, 2.45) is 0 Å². The van der Waals surface area contributed by atoms with Gasteiger partial charge in [0.2, 0.25) is 0 Å². The molecular weight excluding hydrogens is 240 g/mol. The SMILES string of the molecule is CCNC1CC2CCCC(C1)N2Cc1ccsc1. The summed E-state index contributed by atoms with van der Waals surface area (Å²) in [5.74, 6) is 0. The van der Waals surface area contributed by atoms with E-state index in [1.807, 2.05) is 11.3 Å². The van der Waals surface area contributed by atoms with E-state index in [4.69, 9.17) is 0 Å². The number of piperidine rings is 2. The summed E-state index contributed by atoms with van der Waals surface area (Å²) in [4.78, 5) is 2.79. The van der Waals surface area contributed by atoms with Gasteiger partial charge in [0.05, 0.1) is 0 Å². The molecule has 3 heterocycles. The van der Waals surface area contributed by atoms with Crippen molar-refractivity contribution >= 4 is 11.3 Å². The summed E-state index contributed by atoms with van der Waals surface area (Å²) in [6, 6.07) is 4.70. The topological polar surface area (TPSA) is 15.3 Å². The fraction of sp³-hybridized carbons (Fsp3) is 0.733. The summed E-state index contributed by atoms with van der Waals surface area (Å²) >= 11 is 1.83. The minimum Gasteiger partial charge on any atom is -0.314 e. The van der Waals surface area contributed by atoms with Crippen LogP contribution in [0.5, 0.6) is 0 Å². The Kier molecular flexibility index (Phi) is 4.02. The Hall–Kier alpha value is -0.380. The van der Waals surface area contributed by atoms with Crippen LogP contribution in [0.15, 0.2) is 16.8 Å². The van der Waals surface area contributed by atoms with Gasteiger partial charge in [-0.1, -0.05) is 13.3 Å². The molecule has 1 aromatic heterocycles. The molecule has 2 nitrogen and oxygen atoms in total. The van der Waals surface area contributed by atoms with Gasteiger partial charge in [0.15, 0.2) is 0 Å². The predicted molar refractivity (Wildman–Crippen MR) is 78.0 cm³/mol. The first-order valence-electron chi connectivity index (χ1n) is 7.37. The van der Waals surface area contributed by atoms with Gasteiger partial charge in [0, 0.05) is 24.7 Å². The van der Waals surface area contributed by atoms with Gasteiger partial charge in [-0.05, 0) is 54.6 Å². The smallest absolute Gasteiger partial charge is 0.0247 e. The molecule has 2 atom stereocenters. The van der Waals surface area contributed by atoms with Gasteiger partial charge in [-0.3, -0.25) is 4.90 Å². The average molecular weight is 264 g/mol. The first-order chi connectivity index (χ1) is 8.86. The lowest BCUT2D eigenvalue weighted by atomic mass is 9.81. The Labute approximate surface area is 114 Å². The Morgan fingerprint density at radius 3 is 2.72 bits per heavy atom. The molecule has 0 aromatic carbocycles. The van der Waals surface area contributed by atoms with Crippen LogP contribution in [0, 0.1) is 0 Å². The molecule has 3 heteroatoms. The van der Waals surface area contributed by atoms with Crippen LogP contribution in [-0.4, -0.2) is 29.6 Å². The molecule has 1 aromatic rings. The minimum atomic E-state index is 0.768. The molecule has 2 aliphatic rings. The highest BCUT2D eigenvalue weighted by molar-refractivity contribution is 7.07. The van der Waals surface area contributed by atoms with Crippen LogP contribution < -0.4 is 5.32 Å². The van der Waals surface area contributed by atoms with E-state index < -0.39 is 0 Å². The largest absolute Gasteiger partial charge is 0.314 e. The number of fused-ring (bicyclic) bond motifs is 2. The molecule has 18 heavy (non-hydrogen) atoms. The van der Waals surface area contributed by atoms with E-state index in [9.17, 15) is 0 Å². The number of rotatable bonds is 4. The summed E-state index contributed by atoms with van der Waals surface area (Å²) in [6.07, 6.45) is 6.96. The maximum atomic E-state index is 3.67. The first-order valence-corrected chi connectivity index (χ1v) is 8.31. The van der Waals surface area contributed by atoms with E-state index in [-0.39, 0.29) is 0 Å². The fourth-order valence-electron chi connectivity index (χ4n) is 3.79. The molecule has 0 aliphatic carbocycles. The quantitative estimate of drug-likeness (QED) is 0.898. The Balaban J connectivity index is 1.68. The second-order valence-electron chi connectivity index (χ2n) is 5.77. The van der Waals surface area contributed by atoms with Crippen molar-refractivity contribution in [3.63, 3.8) is 0 Å². The summed E-state index contributed by atoms with van der Waals surface area (Å²) in [6.45, 7) is 4.53. The lowest BCUT2D eigenvalue weighted by Gasteiger charge is -2.49. The number of hydrogen-bond donors (Lipinski definition) is 1. The summed E-state index contributed by atoms with van der Waals surface area (Å²) < 4.78 is 0. The van der Waals surface area contributed by atoms with Gasteiger partial charge in [0.1, 0.15) is 0 Å². The Bertz CT molecular complexity index is 349. The van der Waals surface area contributed by atoms with E-state index in [0.717, 1.165) is 24.7 Å². The molecule has 2 aliphatic heterocycles. The zero-order valence-corrected chi connectivity index (χ0v) is 12.1. The van der Waals surface area contributed by atoms with Crippen molar-refractivity contribution in [3.05, 3.63) is 22.4 Å². The van der Waals surface area contributed by atoms with Gasteiger partial charge in [-0.2, -0.15) is 11.3 Å². The minimum absolute atomic E-state index is 0.768. The fourth-order valence-corrected chi connectivity index (χ4v) is 4.45.